The molecule has 0 radical (unpaired) electrons. The summed E-state index contributed by atoms with van der Waals surface area (Å²) in [6.45, 7) is 2.77. The number of aliphatic hydroxyl groups excluding tert-OH is 1. The van der Waals surface area contributed by atoms with Gasteiger partial charge in [-0.05, 0) is 49.1 Å². The van der Waals surface area contributed by atoms with Crippen LogP contribution in [0.2, 0.25) is 0 Å². The standard InChI is InChI=1S/C23H27FN4O4/c1-13-10-27-22-21(13)20(4-6-26-22)32-19-3-2-14(8-16(19)24)9-17(25)23(30)28-18-5-7-31-12-15(18)11-29/h2-4,6,8,10,15,17-18,29H,5,7,9,11-12,25H2,1H3,(H,26,27)(H,28,30)/t15?,17-,18?/m0/s1. The van der Waals surface area contributed by atoms with Crippen LogP contribution in [0, 0.1) is 18.7 Å². The fraction of sp³-hybridized carbons (Fsp3) is 0.391. The quantitative estimate of drug-likeness (QED) is 0.445. The monoisotopic (exact) mass is 442 g/mol. The van der Waals surface area contributed by atoms with Crippen LogP contribution < -0.4 is 15.8 Å². The van der Waals surface area contributed by atoms with E-state index in [0.717, 1.165) is 10.9 Å². The highest BCUT2D eigenvalue weighted by molar-refractivity contribution is 5.86. The summed E-state index contributed by atoms with van der Waals surface area (Å²) in [5, 5.41) is 13.1. The van der Waals surface area contributed by atoms with Crippen LogP contribution >= 0.6 is 0 Å². The van der Waals surface area contributed by atoms with E-state index in [0.29, 0.717) is 36.6 Å². The molecule has 1 fully saturated rings. The van der Waals surface area contributed by atoms with Crippen molar-refractivity contribution in [3.8, 4) is 11.5 Å². The van der Waals surface area contributed by atoms with E-state index in [1.807, 2.05) is 13.1 Å². The zero-order valence-electron chi connectivity index (χ0n) is 17.8. The minimum atomic E-state index is -0.842. The number of pyridine rings is 1. The maximum atomic E-state index is 14.8. The number of hydrogen-bond donors (Lipinski definition) is 4. The third-order valence-electron chi connectivity index (χ3n) is 5.78. The second-order valence-electron chi connectivity index (χ2n) is 8.10. The lowest BCUT2D eigenvalue weighted by atomic mass is 9.96. The number of carbonyl (C=O) groups excluding carboxylic acids is 1. The first-order valence-electron chi connectivity index (χ1n) is 10.6. The molecular weight excluding hydrogens is 415 g/mol. The first-order chi connectivity index (χ1) is 15.5. The zero-order valence-corrected chi connectivity index (χ0v) is 17.8. The second kappa shape index (κ2) is 9.64. The van der Waals surface area contributed by atoms with Gasteiger partial charge in [0.1, 0.15) is 11.4 Å². The highest BCUT2D eigenvalue weighted by Crippen LogP contribution is 2.32. The molecule has 5 N–H and O–H groups in total. The minimum Gasteiger partial charge on any atom is -0.453 e. The molecule has 1 aliphatic heterocycles. The largest absolute Gasteiger partial charge is 0.453 e. The Hall–Kier alpha value is -3.01. The number of aromatic nitrogens is 2. The van der Waals surface area contributed by atoms with Gasteiger partial charge in [-0.2, -0.15) is 0 Å². The number of carbonyl (C=O) groups is 1. The van der Waals surface area contributed by atoms with Crippen LogP contribution in [-0.4, -0.2) is 52.9 Å². The van der Waals surface area contributed by atoms with E-state index in [2.05, 4.69) is 15.3 Å². The Kier molecular flexibility index (Phi) is 6.69. The van der Waals surface area contributed by atoms with Gasteiger partial charge in [-0.25, -0.2) is 9.37 Å². The van der Waals surface area contributed by atoms with E-state index < -0.39 is 11.9 Å². The van der Waals surface area contributed by atoms with Crippen molar-refractivity contribution in [2.75, 3.05) is 19.8 Å². The molecule has 3 aromatic rings. The molecule has 1 amide bonds. The maximum Gasteiger partial charge on any atom is 0.237 e. The van der Waals surface area contributed by atoms with E-state index in [1.165, 1.54) is 12.1 Å². The highest BCUT2D eigenvalue weighted by Gasteiger charge is 2.28. The molecule has 1 saturated heterocycles. The van der Waals surface area contributed by atoms with Gasteiger partial charge in [0, 0.05) is 31.0 Å². The number of benzene rings is 1. The van der Waals surface area contributed by atoms with Crippen LogP contribution in [-0.2, 0) is 16.0 Å². The van der Waals surface area contributed by atoms with Crippen molar-refractivity contribution in [2.24, 2.45) is 11.7 Å². The predicted molar refractivity (Wildman–Crippen MR) is 117 cm³/mol. The molecule has 1 aromatic carbocycles. The highest BCUT2D eigenvalue weighted by atomic mass is 19.1. The Morgan fingerprint density at radius 2 is 2.28 bits per heavy atom. The Bertz CT molecular complexity index is 1100. The number of amides is 1. The smallest absolute Gasteiger partial charge is 0.237 e. The molecule has 0 saturated carbocycles. The number of fused-ring (bicyclic) bond motifs is 1. The molecule has 4 rings (SSSR count). The molecule has 0 aliphatic carbocycles. The van der Waals surface area contributed by atoms with Gasteiger partial charge in [-0.1, -0.05) is 6.07 Å². The number of hydrogen-bond acceptors (Lipinski definition) is 6. The predicted octanol–water partition coefficient (Wildman–Crippen LogP) is 2.19. The summed E-state index contributed by atoms with van der Waals surface area (Å²) >= 11 is 0. The third kappa shape index (κ3) is 4.74. The first kappa shape index (κ1) is 22.2. The number of aryl methyl sites for hydroxylation is 1. The van der Waals surface area contributed by atoms with Crippen molar-refractivity contribution < 1.29 is 23.8 Å². The second-order valence-corrected chi connectivity index (χ2v) is 8.10. The number of nitrogens with one attached hydrogen (secondary N) is 2. The number of ether oxygens (including phenoxy) is 2. The first-order valence-corrected chi connectivity index (χ1v) is 10.6. The fourth-order valence-corrected chi connectivity index (χ4v) is 3.94. The summed E-state index contributed by atoms with van der Waals surface area (Å²) in [6, 6.07) is 5.21. The lowest BCUT2D eigenvalue weighted by Crippen LogP contribution is -2.52. The van der Waals surface area contributed by atoms with Crippen LogP contribution in [0.1, 0.15) is 17.5 Å². The molecule has 9 heteroatoms. The van der Waals surface area contributed by atoms with Crippen LogP contribution in [0.3, 0.4) is 0 Å². The maximum absolute atomic E-state index is 14.8. The van der Waals surface area contributed by atoms with E-state index in [9.17, 15) is 14.3 Å². The van der Waals surface area contributed by atoms with Gasteiger partial charge in [0.15, 0.2) is 11.6 Å². The van der Waals surface area contributed by atoms with E-state index in [-0.39, 0.29) is 36.6 Å². The molecule has 2 aromatic heterocycles. The van der Waals surface area contributed by atoms with Crippen molar-refractivity contribution in [1.82, 2.24) is 15.3 Å². The summed E-state index contributed by atoms with van der Waals surface area (Å²) in [5.41, 5.74) is 8.26. The minimum absolute atomic E-state index is 0.0705. The van der Waals surface area contributed by atoms with Gasteiger partial charge in [-0.15, -0.1) is 0 Å². The Morgan fingerprint density at radius 1 is 1.44 bits per heavy atom. The van der Waals surface area contributed by atoms with E-state index >= 15 is 0 Å². The number of H-pyrrole nitrogens is 1. The molecule has 3 heterocycles. The van der Waals surface area contributed by atoms with Crippen molar-refractivity contribution in [1.29, 1.82) is 0 Å². The molecule has 0 spiro atoms. The van der Waals surface area contributed by atoms with Crippen LogP contribution in [0.5, 0.6) is 11.5 Å². The van der Waals surface area contributed by atoms with Gasteiger partial charge >= 0.3 is 0 Å². The Balaban J connectivity index is 1.41. The van der Waals surface area contributed by atoms with Gasteiger partial charge in [0.2, 0.25) is 5.91 Å². The number of nitrogens with zero attached hydrogens (tertiary/aromatic N) is 1. The molecule has 170 valence electrons. The molecule has 3 atom stereocenters. The normalized spacial score (nSPS) is 19.6. The van der Waals surface area contributed by atoms with Crippen molar-refractivity contribution in [3.05, 3.63) is 53.6 Å². The van der Waals surface area contributed by atoms with Crippen molar-refractivity contribution in [2.45, 2.75) is 31.8 Å². The van der Waals surface area contributed by atoms with E-state index in [4.69, 9.17) is 15.2 Å². The van der Waals surface area contributed by atoms with Crippen LogP contribution in [0.25, 0.3) is 11.0 Å². The molecule has 0 bridgehead atoms. The number of aromatic amines is 1. The fourth-order valence-electron chi connectivity index (χ4n) is 3.94. The molecule has 1 aliphatic rings. The molecule has 2 unspecified atom stereocenters. The number of aliphatic hydroxyl groups is 1. The average molecular weight is 442 g/mol. The van der Waals surface area contributed by atoms with Crippen LogP contribution in [0.15, 0.2) is 36.7 Å². The summed E-state index contributed by atoms with van der Waals surface area (Å²) in [5.74, 6) is -0.451. The van der Waals surface area contributed by atoms with Gasteiger partial charge in [0.25, 0.3) is 0 Å². The summed E-state index contributed by atoms with van der Waals surface area (Å²) in [7, 11) is 0. The Labute approximate surface area is 184 Å². The SMILES string of the molecule is Cc1c[nH]c2nccc(Oc3ccc(C[C@H](N)C(=O)NC4CCOCC4CO)cc3F)c12. The molecule has 32 heavy (non-hydrogen) atoms. The van der Waals surface area contributed by atoms with Crippen LogP contribution in [0.4, 0.5) is 4.39 Å². The average Bonchev–Trinajstić information content (AvgIpc) is 3.17. The summed E-state index contributed by atoms with van der Waals surface area (Å²) in [6.07, 6.45) is 4.20. The number of rotatable bonds is 7. The third-order valence-corrected chi connectivity index (χ3v) is 5.78. The van der Waals surface area contributed by atoms with Gasteiger partial charge in [-0.3, -0.25) is 4.79 Å². The lowest BCUT2D eigenvalue weighted by molar-refractivity contribution is -0.124. The van der Waals surface area contributed by atoms with E-state index in [1.54, 1.807) is 18.3 Å². The van der Waals surface area contributed by atoms with Crippen molar-refractivity contribution >= 4 is 16.9 Å². The Morgan fingerprint density at radius 3 is 3.06 bits per heavy atom. The molecule has 8 nitrogen and oxygen atoms in total. The van der Waals surface area contributed by atoms with Gasteiger partial charge in [0.05, 0.1) is 24.6 Å². The summed E-state index contributed by atoms with van der Waals surface area (Å²) < 4.78 is 25.9. The number of halogens is 1. The lowest BCUT2D eigenvalue weighted by Gasteiger charge is -2.31. The number of nitrogens with two attached hydrogens (primary N) is 1. The molecular formula is C23H27FN4O4. The summed E-state index contributed by atoms with van der Waals surface area (Å²) in [4.78, 5) is 19.8. The van der Waals surface area contributed by atoms with Crippen molar-refractivity contribution in [3.63, 3.8) is 0 Å². The topological polar surface area (TPSA) is 122 Å². The zero-order chi connectivity index (χ0) is 22.7. The van der Waals surface area contributed by atoms with Gasteiger partial charge < -0.3 is 30.6 Å².